The topological polar surface area (TPSA) is 36.9 Å². The number of benzene rings is 2. The summed E-state index contributed by atoms with van der Waals surface area (Å²) in [4.78, 5) is 0. The standard InChI is InChI=1S/2C15H20O2/c2*1-12-10-16-9-8-15(13(12)2)17-11-14-6-4-3-5-7-14/h2*3-9,12-13,15H,10-11H2,1-2H3/t2*12-,13-,15-/m11/s1. The fraction of sp³-hybridized carbons (Fsp3) is 0.467. The molecule has 2 aliphatic rings. The Balaban J connectivity index is 0.000000191. The molecule has 34 heavy (non-hydrogen) atoms. The van der Waals surface area contributed by atoms with Gasteiger partial charge in [0.05, 0.1) is 51.2 Å². The van der Waals surface area contributed by atoms with Crippen molar-refractivity contribution in [1.82, 2.24) is 0 Å². The molecule has 2 aliphatic heterocycles. The Morgan fingerprint density at radius 3 is 1.38 bits per heavy atom. The molecule has 4 nitrogen and oxygen atoms in total. The summed E-state index contributed by atoms with van der Waals surface area (Å²) in [7, 11) is 0. The molecular formula is C30H40O4. The van der Waals surface area contributed by atoms with Crippen LogP contribution in [-0.4, -0.2) is 25.4 Å². The second kappa shape index (κ2) is 14.0. The van der Waals surface area contributed by atoms with Crippen LogP contribution in [-0.2, 0) is 32.2 Å². The average Bonchev–Trinajstić information content (AvgIpc) is 3.13. The summed E-state index contributed by atoms with van der Waals surface area (Å²) < 4.78 is 22.7. The van der Waals surface area contributed by atoms with Crippen molar-refractivity contribution < 1.29 is 18.9 Å². The fourth-order valence-corrected chi connectivity index (χ4v) is 3.93. The van der Waals surface area contributed by atoms with E-state index in [2.05, 4.69) is 52.0 Å². The van der Waals surface area contributed by atoms with E-state index in [1.54, 1.807) is 12.5 Å². The predicted octanol–water partition coefficient (Wildman–Crippen LogP) is 6.78. The average molecular weight is 465 g/mol. The highest BCUT2D eigenvalue weighted by Gasteiger charge is 2.25. The molecule has 0 saturated heterocycles. The minimum Gasteiger partial charge on any atom is -0.501 e. The van der Waals surface area contributed by atoms with Gasteiger partial charge < -0.3 is 18.9 Å². The maximum absolute atomic E-state index is 5.96. The van der Waals surface area contributed by atoms with Gasteiger partial charge in [0.25, 0.3) is 0 Å². The van der Waals surface area contributed by atoms with Crippen LogP contribution >= 0.6 is 0 Å². The molecule has 0 aromatic heterocycles. The van der Waals surface area contributed by atoms with E-state index in [4.69, 9.17) is 18.9 Å². The van der Waals surface area contributed by atoms with Crippen molar-refractivity contribution in [3.8, 4) is 0 Å². The van der Waals surface area contributed by atoms with Crippen molar-refractivity contribution in [2.75, 3.05) is 13.2 Å². The van der Waals surface area contributed by atoms with Crippen LogP contribution in [0.3, 0.4) is 0 Å². The van der Waals surface area contributed by atoms with Gasteiger partial charge in [0.1, 0.15) is 0 Å². The van der Waals surface area contributed by atoms with Crippen LogP contribution in [0.2, 0.25) is 0 Å². The lowest BCUT2D eigenvalue weighted by Gasteiger charge is -2.24. The van der Waals surface area contributed by atoms with E-state index in [0.717, 1.165) is 13.2 Å². The molecule has 6 atom stereocenters. The molecule has 0 radical (unpaired) electrons. The van der Waals surface area contributed by atoms with E-state index in [1.165, 1.54) is 11.1 Å². The van der Waals surface area contributed by atoms with Crippen molar-refractivity contribution in [3.05, 3.63) is 96.5 Å². The van der Waals surface area contributed by atoms with Crippen LogP contribution in [0, 0.1) is 23.7 Å². The summed E-state index contributed by atoms with van der Waals surface area (Å²) >= 11 is 0. The molecule has 0 aliphatic carbocycles. The lowest BCUT2D eigenvalue weighted by Crippen LogP contribution is -2.25. The third-order valence-corrected chi connectivity index (χ3v) is 6.85. The summed E-state index contributed by atoms with van der Waals surface area (Å²) in [5, 5.41) is 0. The Kier molecular flexibility index (Phi) is 10.7. The highest BCUT2D eigenvalue weighted by Crippen LogP contribution is 2.24. The van der Waals surface area contributed by atoms with Gasteiger partial charge in [0.2, 0.25) is 0 Å². The summed E-state index contributed by atoms with van der Waals surface area (Å²) in [5.74, 6) is 2.01. The quantitative estimate of drug-likeness (QED) is 0.472. The van der Waals surface area contributed by atoms with Gasteiger partial charge in [-0.05, 0) is 47.0 Å². The van der Waals surface area contributed by atoms with E-state index < -0.39 is 0 Å². The normalized spacial score (nSPS) is 28.5. The van der Waals surface area contributed by atoms with E-state index in [-0.39, 0.29) is 12.2 Å². The number of ether oxygens (including phenoxy) is 4. The van der Waals surface area contributed by atoms with Crippen LogP contribution in [0.25, 0.3) is 0 Å². The minimum absolute atomic E-state index is 0.146. The molecule has 0 saturated carbocycles. The van der Waals surface area contributed by atoms with E-state index in [9.17, 15) is 0 Å². The maximum Gasteiger partial charge on any atom is 0.0902 e. The molecule has 0 amide bonds. The summed E-state index contributed by atoms with van der Waals surface area (Å²) in [6, 6.07) is 20.5. The molecular weight excluding hydrogens is 424 g/mol. The lowest BCUT2D eigenvalue weighted by atomic mass is 9.91. The second-order valence-corrected chi connectivity index (χ2v) is 9.52. The molecule has 0 fully saturated rings. The van der Waals surface area contributed by atoms with Crippen molar-refractivity contribution in [2.45, 2.75) is 53.1 Å². The van der Waals surface area contributed by atoms with E-state index >= 15 is 0 Å². The highest BCUT2D eigenvalue weighted by atomic mass is 16.5. The second-order valence-electron chi connectivity index (χ2n) is 9.52. The zero-order valence-electron chi connectivity index (χ0n) is 21.0. The Morgan fingerprint density at radius 2 is 1.00 bits per heavy atom. The first-order valence-electron chi connectivity index (χ1n) is 12.4. The van der Waals surface area contributed by atoms with Gasteiger partial charge >= 0.3 is 0 Å². The Bertz CT molecular complexity index is 790. The third-order valence-electron chi connectivity index (χ3n) is 6.85. The van der Waals surface area contributed by atoms with Gasteiger partial charge in [-0.1, -0.05) is 88.4 Å². The summed E-state index contributed by atoms with van der Waals surface area (Å²) in [6.45, 7) is 11.7. The monoisotopic (exact) mass is 464 g/mol. The molecule has 2 aromatic rings. The van der Waals surface area contributed by atoms with Crippen LogP contribution in [0.5, 0.6) is 0 Å². The zero-order valence-corrected chi connectivity index (χ0v) is 21.0. The number of rotatable bonds is 6. The summed E-state index contributed by atoms with van der Waals surface area (Å²) in [6.07, 6.45) is 7.89. The smallest absolute Gasteiger partial charge is 0.0902 e. The Morgan fingerprint density at radius 1 is 0.618 bits per heavy atom. The largest absolute Gasteiger partial charge is 0.501 e. The van der Waals surface area contributed by atoms with Crippen molar-refractivity contribution in [1.29, 1.82) is 0 Å². The van der Waals surface area contributed by atoms with Crippen LogP contribution < -0.4 is 0 Å². The molecule has 4 rings (SSSR count). The first kappa shape index (κ1) is 26.1. The summed E-state index contributed by atoms with van der Waals surface area (Å²) in [5.41, 5.74) is 2.43. The Labute approximate surface area is 205 Å². The molecule has 0 spiro atoms. The molecule has 0 unspecified atom stereocenters. The minimum atomic E-state index is 0.146. The van der Waals surface area contributed by atoms with Crippen LogP contribution in [0.1, 0.15) is 38.8 Å². The number of hydrogen-bond donors (Lipinski definition) is 0. The molecule has 184 valence electrons. The zero-order chi connectivity index (χ0) is 24.2. The molecule has 4 heteroatoms. The number of hydrogen-bond acceptors (Lipinski definition) is 4. The Hall–Kier alpha value is -2.56. The molecule has 2 heterocycles. The molecule has 0 N–H and O–H groups in total. The van der Waals surface area contributed by atoms with E-state index in [0.29, 0.717) is 36.9 Å². The maximum atomic E-state index is 5.96. The van der Waals surface area contributed by atoms with Crippen molar-refractivity contribution in [3.63, 3.8) is 0 Å². The van der Waals surface area contributed by atoms with Crippen molar-refractivity contribution in [2.24, 2.45) is 23.7 Å². The van der Waals surface area contributed by atoms with Gasteiger partial charge in [-0.3, -0.25) is 0 Å². The SMILES string of the molecule is C[C@@H]1[C@H](C)COC=C[C@H]1OCc1ccccc1.C[C@@H]1[C@H](C)COC=C[C@H]1OCc1ccccc1. The van der Waals surface area contributed by atoms with Gasteiger partial charge in [-0.2, -0.15) is 0 Å². The van der Waals surface area contributed by atoms with E-state index in [1.807, 2.05) is 48.6 Å². The first-order chi connectivity index (χ1) is 16.5. The van der Waals surface area contributed by atoms with Gasteiger partial charge in [0.15, 0.2) is 0 Å². The van der Waals surface area contributed by atoms with Gasteiger partial charge in [-0.25, -0.2) is 0 Å². The van der Waals surface area contributed by atoms with Crippen molar-refractivity contribution >= 4 is 0 Å². The lowest BCUT2D eigenvalue weighted by molar-refractivity contribution is 0.0196. The molecule has 2 aromatic carbocycles. The van der Waals surface area contributed by atoms with Crippen LogP contribution in [0.4, 0.5) is 0 Å². The van der Waals surface area contributed by atoms with Gasteiger partial charge in [-0.15, -0.1) is 0 Å². The van der Waals surface area contributed by atoms with Crippen LogP contribution in [0.15, 0.2) is 85.3 Å². The molecule has 0 bridgehead atoms. The third kappa shape index (κ3) is 8.34. The first-order valence-corrected chi connectivity index (χ1v) is 12.4. The highest BCUT2D eigenvalue weighted by molar-refractivity contribution is 5.14. The van der Waals surface area contributed by atoms with Gasteiger partial charge in [0, 0.05) is 0 Å². The predicted molar refractivity (Wildman–Crippen MR) is 137 cm³/mol. The fourth-order valence-electron chi connectivity index (χ4n) is 3.93.